The number of carbonyl (C=O) groups is 1. The van der Waals surface area contributed by atoms with Crippen LogP contribution in [0.2, 0.25) is 0 Å². The van der Waals surface area contributed by atoms with E-state index in [1.807, 2.05) is 6.92 Å². The molecule has 2 nitrogen and oxygen atoms in total. The highest BCUT2D eigenvalue weighted by atomic mass is 16.5. The Balaban J connectivity index is 1.75. The summed E-state index contributed by atoms with van der Waals surface area (Å²) in [4.78, 5) is 12.3. The van der Waals surface area contributed by atoms with Crippen molar-refractivity contribution in [1.29, 1.82) is 0 Å². The third-order valence-corrected chi connectivity index (χ3v) is 5.07. The Kier molecular flexibility index (Phi) is 2.58. The molecular weight excluding hydrogens is 200 g/mol. The van der Waals surface area contributed by atoms with Crippen molar-refractivity contribution in [2.45, 2.75) is 45.4 Å². The molecule has 0 aromatic carbocycles. The van der Waals surface area contributed by atoms with Crippen LogP contribution in [0.3, 0.4) is 0 Å². The Morgan fingerprint density at radius 1 is 1.12 bits per heavy atom. The lowest BCUT2D eigenvalue weighted by Gasteiger charge is -2.55. The fourth-order valence-corrected chi connectivity index (χ4v) is 4.80. The minimum absolute atomic E-state index is 0.0456. The molecule has 0 heterocycles. The summed E-state index contributed by atoms with van der Waals surface area (Å²) in [5.41, 5.74) is 0.0456. The highest BCUT2D eigenvalue weighted by Gasteiger charge is 2.54. The molecule has 0 aromatic heterocycles. The molecule has 4 aliphatic rings. The van der Waals surface area contributed by atoms with Crippen molar-refractivity contribution in [2.24, 2.45) is 23.2 Å². The van der Waals surface area contributed by atoms with Gasteiger partial charge in [0.2, 0.25) is 0 Å². The minimum atomic E-state index is 0.0456. The van der Waals surface area contributed by atoms with E-state index in [9.17, 15) is 4.79 Å². The van der Waals surface area contributed by atoms with Gasteiger partial charge in [-0.3, -0.25) is 4.79 Å². The molecule has 0 spiro atoms. The van der Waals surface area contributed by atoms with Crippen molar-refractivity contribution in [2.75, 3.05) is 13.2 Å². The average Bonchev–Trinajstić information content (AvgIpc) is 2.24. The first-order chi connectivity index (χ1) is 7.72. The lowest BCUT2D eigenvalue weighted by Crippen LogP contribution is -2.51. The number of rotatable bonds is 4. The molecule has 4 bridgehead atoms. The highest BCUT2D eigenvalue weighted by molar-refractivity contribution is 5.86. The van der Waals surface area contributed by atoms with Gasteiger partial charge in [-0.15, -0.1) is 0 Å². The largest absolute Gasteiger partial charge is 0.374 e. The van der Waals surface area contributed by atoms with E-state index in [-0.39, 0.29) is 5.41 Å². The topological polar surface area (TPSA) is 26.3 Å². The molecule has 4 fully saturated rings. The second-order valence-electron chi connectivity index (χ2n) is 6.26. The third kappa shape index (κ3) is 1.62. The summed E-state index contributed by atoms with van der Waals surface area (Å²) < 4.78 is 5.34. The summed E-state index contributed by atoms with van der Waals surface area (Å²) >= 11 is 0. The summed E-state index contributed by atoms with van der Waals surface area (Å²) in [5, 5.41) is 0. The maximum absolute atomic E-state index is 12.3. The molecule has 0 unspecified atom stereocenters. The Morgan fingerprint density at radius 2 is 1.62 bits per heavy atom. The number of carbonyl (C=O) groups excluding carboxylic acids is 1. The molecule has 0 aliphatic heterocycles. The molecule has 4 rings (SSSR count). The van der Waals surface area contributed by atoms with Crippen molar-refractivity contribution >= 4 is 5.78 Å². The fraction of sp³-hybridized carbons (Fsp3) is 0.929. The van der Waals surface area contributed by atoms with Crippen LogP contribution in [-0.2, 0) is 9.53 Å². The van der Waals surface area contributed by atoms with Crippen LogP contribution in [0.25, 0.3) is 0 Å². The number of hydrogen-bond donors (Lipinski definition) is 0. The molecule has 0 N–H and O–H groups in total. The molecule has 0 aromatic rings. The Hall–Kier alpha value is -0.370. The van der Waals surface area contributed by atoms with Crippen LogP contribution in [0, 0.1) is 23.2 Å². The number of Topliss-reactive ketones (excluding diaryl/α,β-unsaturated/α-hetero) is 1. The lowest BCUT2D eigenvalue weighted by molar-refractivity contribution is -0.148. The first kappa shape index (κ1) is 10.8. The Morgan fingerprint density at radius 3 is 2.06 bits per heavy atom. The van der Waals surface area contributed by atoms with Gasteiger partial charge in [0, 0.05) is 12.0 Å². The molecule has 0 amide bonds. The summed E-state index contributed by atoms with van der Waals surface area (Å²) in [6.45, 7) is 2.99. The summed E-state index contributed by atoms with van der Waals surface area (Å²) in [5.74, 6) is 2.99. The van der Waals surface area contributed by atoms with Gasteiger partial charge in [0.15, 0.2) is 5.78 Å². The predicted molar refractivity (Wildman–Crippen MR) is 62.1 cm³/mol. The van der Waals surface area contributed by atoms with E-state index >= 15 is 0 Å². The maximum Gasteiger partial charge on any atom is 0.164 e. The van der Waals surface area contributed by atoms with E-state index in [1.54, 1.807) is 0 Å². The molecule has 90 valence electrons. The van der Waals surface area contributed by atoms with Gasteiger partial charge in [0.05, 0.1) is 0 Å². The third-order valence-electron chi connectivity index (χ3n) is 5.07. The maximum atomic E-state index is 12.3. The normalized spacial score (nSPS) is 44.9. The van der Waals surface area contributed by atoms with E-state index in [4.69, 9.17) is 4.74 Å². The van der Waals surface area contributed by atoms with E-state index in [0.717, 1.165) is 17.8 Å². The fourth-order valence-electron chi connectivity index (χ4n) is 4.80. The Labute approximate surface area is 97.7 Å². The summed E-state index contributed by atoms with van der Waals surface area (Å²) in [7, 11) is 0. The van der Waals surface area contributed by atoms with Crippen LogP contribution in [0.1, 0.15) is 45.4 Å². The predicted octanol–water partition coefficient (Wildman–Crippen LogP) is 2.81. The second kappa shape index (κ2) is 3.83. The van der Waals surface area contributed by atoms with Crippen molar-refractivity contribution in [3.05, 3.63) is 0 Å². The van der Waals surface area contributed by atoms with Crippen LogP contribution < -0.4 is 0 Å². The lowest BCUT2D eigenvalue weighted by atomic mass is 9.48. The number of hydrogen-bond acceptors (Lipinski definition) is 2. The van der Waals surface area contributed by atoms with Gasteiger partial charge < -0.3 is 4.74 Å². The van der Waals surface area contributed by atoms with Crippen LogP contribution in [0.15, 0.2) is 0 Å². The van der Waals surface area contributed by atoms with Crippen molar-refractivity contribution in [3.8, 4) is 0 Å². The molecule has 4 aliphatic carbocycles. The average molecular weight is 222 g/mol. The van der Waals surface area contributed by atoms with Crippen LogP contribution in [0.5, 0.6) is 0 Å². The van der Waals surface area contributed by atoms with E-state index in [1.165, 1.54) is 38.5 Å². The molecule has 16 heavy (non-hydrogen) atoms. The first-order valence-corrected chi connectivity index (χ1v) is 6.83. The van der Waals surface area contributed by atoms with Crippen molar-refractivity contribution in [3.63, 3.8) is 0 Å². The van der Waals surface area contributed by atoms with Gasteiger partial charge in [-0.25, -0.2) is 0 Å². The van der Waals surface area contributed by atoms with Crippen molar-refractivity contribution < 1.29 is 9.53 Å². The summed E-state index contributed by atoms with van der Waals surface area (Å²) in [6.07, 6.45) is 7.73. The first-order valence-electron chi connectivity index (χ1n) is 6.83. The van der Waals surface area contributed by atoms with Gasteiger partial charge in [0.1, 0.15) is 6.61 Å². The van der Waals surface area contributed by atoms with Gasteiger partial charge in [0.25, 0.3) is 0 Å². The molecule has 0 atom stereocenters. The Bertz CT molecular complexity index is 260. The zero-order chi connectivity index (χ0) is 11.2. The van der Waals surface area contributed by atoms with Gasteiger partial charge >= 0.3 is 0 Å². The molecular formula is C14H22O2. The van der Waals surface area contributed by atoms with E-state index in [0.29, 0.717) is 19.0 Å². The zero-order valence-corrected chi connectivity index (χ0v) is 10.2. The SMILES string of the molecule is CCOCC(=O)C12CC3CC(CC(C3)C1)C2. The molecule has 0 saturated heterocycles. The number of ketones is 1. The zero-order valence-electron chi connectivity index (χ0n) is 10.2. The summed E-state index contributed by atoms with van der Waals surface area (Å²) in [6, 6.07) is 0. The van der Waals surface area contributed by atoms with E-state index in [2.05, 4.69) is 0 Å². The quantitative estimate of drug-likeness (QED) is 0.731. The van der Waals surface area contributed by atoms with Crippen LogP contribution in [0.4, 0.5) is 0 Å². The van der Waals surface area contributed by atoms with Gasteiger partial charge in [-0.05, 0) is 63.2 Å². The van der Waals surface area contributed by atoms with Crippen LogP contribution >= 0.6 is 0 Å². The van der Waals surface area contributed by atoms with Gasteiger partial charge in [-0.1, -0.05) is 0 Å². The standard InChI is InChI=1S/C14H22O2/c1-2-16-9-13(15)14-6-10-3-11(7-14)5-12(4-10)8-14/h10-12H,2-9H2,1H3. The van der Waals surface area contributed by atoms with Crippen molar-refractivity contribution in [1.82, 2.24) is 0 Å². The molecule has 4 saturated carbocycles. The highest BCUT2D eigenvalue weighted by Crippen LogP contribution is 2.60. The smallest absolute Gasteiger partial charge is 0.164 e. The van der Waals surface area contributed by atoms with Gasteiger partial charge in [-0.2, -0.15) is 0 Å². The molecule has 2 heteroatoms. The minimum Gasteiger partial charge on any atom is -0.374 e. The molecule has 0 radical (unpaired) electrons. The monoisotopic (exact) mass is 222 g/mol. The second-order valence-corrected chi connectivity index (χ2v) is 6.26. The van der Waals surface area contributed by atoms with E-state index < -0.39 is 0 Å². The van der Waals surface area contributed by atoms with Crippen LogP contribution in [-0.4, -0.2) is 19.0 Å². The number of ether oxygens (including phenoxy) is 1.